The van der Waals surface area contributed by atoms with Crippen molar-refractivity contribution in [3.63, 3.8) is 0 Å². The van der Waals surface area contributed by atoms with Crippen molar-refractivity contribution in [3.8, 4) is 0 Å². The molecule has 0 radical (unpaired) electrons. The molecular formula is C9H19NO. The molecule has 2 N–H and O–H groups in total. The highest BCUT2D eigenvalue weighted by Crippen LogP contribution is 2.47. The van der Waals surface area contributed by atoms with Crippen LogP contribution >= 0.6 is 0 Å². The van der Waals surface area contributed by atoms with Crippen LogP contribution in [0.25, 0.3) is 0 Å². The van der Waals surface area contributed by atoms with Crippen LogP contribution in [0.15, 0.2) is 0 Å². The van der Waals surface area contributed by atoms with E-state index in [2.05, 4.69) is 19.2 Å². The molecule has 0 unspecified atom stereocenters. The fourth-order valence-corrected chi connectivity index (χ4v) is 1.35. The van der Waals surface area contributed by atoms with Crippen molar-refractivity contribution in [2.45, 2.75) is 39.2 Å². The third kappa shape index (κ3) is 2.80. The Hall–Kier alpha value is -0.0800. The zero-order valence-electron chi connectivity index (χ0n) is 7.56. The zero-order chi connectivity index (χ0) is 8.32. The smallest absolute Gasteiger partial charge is 0.0436 e. The minimum atomic E-state index is 0.347. The zero-order valence-corrected chi connectivity index (χ0v) is 7.56. The van der Waals surface area contributed by atoms with Crippen LogP contribution in [0, 0.1) is 5.41 Å². The predicted octanol–water partition coefficient (Wildman–Crippen LogP) is 1.15. The predicted molar refractivity (Wildman–Crippen MR) is 46.5 cm³/mol. The lowest BCUT2D eigenvalue weighted by Crippen LogP contribution is -2.30. The lowest BCUT2D eigenvalue weighted by atomic mass is 10.0. The molecule has 66 valence electrons. The Morgan fingerprint density at radius 3 is 2.45 bits per heavy atom. The van der Waals surface area contributed by atoms with Crippen molar-refractivity contribution in [1.29, 1.82) is 0 Å². The number of rotatable bonds is 5. The third-order valence-electron chi connectivity index (χ3n) is 2.48. The van der Waals surface area contributed by atoms with Gasteiger partial charge in [0.1, 0.15) is 0 Å². The lowest BCUT2D eigenvalue weighted by molar-refractivity contribution is 0.243. The van der Waals surface area contributed by atoms with E-state index in [0.29, 0.717) is 18.1 Å². The Morgan fingerprint density at radius 1 is 1.45 bits per heavy atom. The van der Waals surface area contributed by atoms with Crippen molar-refractivity contribution >= 4 is 0 Å². The van der Waals surface area contributed by atoms with Crippen molar-refractivity contribution in [2.24, 2.45) is 5.41 Å². The van der Waals surface area contributed by atoms with Crippen LogP contribution in [0.5, 0.6) is 0 Å². The van der Waals surface area contributed by atoms with E-state index in [-0.39, 0.29) is 0 Å². The molecule has 1 aliphatic carbocycles. The van der Waals surface area contributed by atoms with Crippen LogP contribution < -0.4 is 5.32 Å². The van der Waals surface area contributed by atoms with E-state index in [9.17, 15) is 0 Å². The van der Waals surface area contributed by atoms with Gasteiger partial charge in [0.05, 0.1) is 0 Å². The van der Waals surface area contributed by atoms with Crippen LogP contribution in [0.4, 0.5) is 0 Å². The molecular weight excluding hydrogens is 138 g/mol. The molecule has 2 nitrogen and oxygen atoms in total. The van der Waals surface area contributed by atoms with E-state index in [4.69, 9.17) is 5.11 Å². The van der Waals surface area contributed by atoms with E-state index in [1.54, 1.807) is 0 Å². The lowest BCUT2D eigenvalue weighted by Gasteiger charge is -2.16. The Labute approximate surface area is 69.0 Å². The monoisotopic (exact) mass is 157 g/mol. The van der Waals surface area contributed by atoms with E-state index < -0.39 is 0 Å². The molecule has 0 saturated heterocycles. The van der Waals surface area contributed by atoms with Gasteiger partial charge in [-0.3, -0.25) is 0 Å². The maximum absolute atomic E-state index is 8.78. The molecule has 11 heavy (non-hydrogen) atoms. The molecule has 1 rings (SSSR count). The summed E-state index contributed by atoms with van der Waals surface area (Å²) >= 11 is 0. The molecule has 0 aromatic carbocycles. The van der Waals surface area contributed by atoms with E-state index in [1.807, 2.05) is 0 Å². The Morgan fingerprint density at radius 2 is 2.09 bits per heavy atom. The maximum Gasteiger partial charge on any atom is 0.0436 e. The molecule has 0 heterocycles. The van der Waals surface area contributed by atoms with Gasteiger partial charge in [-0.25, -0.2) is 0 Å². The Bertz CT molecular complexity index is 119. The highest BCUT2D eigenvalue weighted by molar-refractivity contribution is 4.94. The van der Waals surface area contributed by atoms with Gasteiger partial charge in [0.2, 0.25) is 0 Å². The first-order valence-electron chi connectivity index (χ1n) is 4.53. The molecule has 0 atom stereocenters. The topological polar surface area (TPSA) is 32.3 Å². The average molecular weight is 157 g/mol. The van der Waals surface area contributed by atoms with Crippen LogP contribution in [0.3, 0.4) is 0 Å². The Balaban J connectivity index is 2.14. The summed E-state index contributed by atoms with van der Waals surface area (Å²) in [4.78, 5) is 0. The highest BCUT2D eigenvalue weighted by atomic mass is 16.3. The van der Waals surface area contributed by atoms with Gasteiger partial charge in [-0.1, -0.05) is 13.8 Å². The van der Waals surface area contributed by atoms with Gasteiger partial charge >= 0.3 is 0 Å². The van der Waals surface area contributed by atoms with Crippen molar-refractivity contribution in [1.82, 2.24) is 5.32 Å². The van der Waals surface area contributed by atoms with Gasteiger partial charge in [-0.15, -0.1) is 0 Å². The van der Waals surface area contributed by atoms with Gasteiger partial charge < -0.3 is 10.4 Å². The van der Waals surface area contributed by atoms with Crippen molar-refractivity contribution < 1.29 is 5.11 Å². The molecule has 1 aliphatic rings. The second-order valence-corrected chi connectivity index (χ2v) is 4.01. The van der Waals surface area contributed by atoms with Gasteiger partial charge in [0.15, 0.2) is 0 Å². The third-order valence-corrected chi connectivity index (χ3v) is 2.48. The summed E-state index contributed by atoms with van der Waals surface area (Å²) in [5.41, 5.74) is 0.471. The molecule has 0 aliphatic heterocycles. The number of hydrogen-bond donors (Lipinski definition) is 2. The first-order chi connectivity index (χ1) is 5.18. The van der Waals surface area contributed by atoms with Crippen molar-refractivity contribution in [2.75, 3.05) is 13.2 Å². The number of hydrogen-bond acceptors (Lipinski definition) is 2. The second-order valence-electron chi connectivity index (χ2n) is 4.01. The van der Waals surface area contributed by atoms with Gasteiger partial charge in [0.25, 0.3) is 0 Å². The van der Waals surface area contributed by atoms with Crippen molar-refractivity contribution in [3.05, 3.63) is 0 Å². The minimum Gasteiger partial charge on any atom is -0.396 e. The number of aliphatic hydroxyl groups is 1. The maximum atomic E-state index is 8.78. The molecule has 0 spiro atoms. The van der Waals surface area contributed by atoms with Crippen LogP contribution in [-0.2, 0) is 0 Å². The summed E-state index contributed by atoms with van der Waals surface area (Å²) in [7, 11) is 0. The summed E-state index contributed by atoms with van der Waals surface area (Å²) in [6.45, 7) is 5.76. The quantitative estimate of drug-likeness (QED) is 0.627. The summed E-state index contributed by atoms with van der Waals surface area (Å²) in [5.74, 6) is 0. The molecule has 1 saturated carbocycles. The standard InChI is InChI=1S/C9H19NO/c1-8(2)10-7-9(3-4-9)5-6-11/h8,10-11H,3-7H2,1-2H3. The molecule has 0 aromatic heterocycles. The van der Waals surface area contributed by atoms with E-state index >= 15 is 0 Å². The van der Waals surface area contributed by atoms with E-state index in [0.717, 1.165) is 13.0 Å². The minimum absolute atomic E-state index is 0.347. The Kier molecular flexibility index (Phi) is 2.90. The largest absolute Gasteiger partial charge is 0.396 e. The molecule has 0 aromatic rings. The summed E-state index contributed by atoms with van der Waals surface area (Å²) in [6.07, 6.45) is 3.58. The van der Waals surface area contributed by atoms with Gasteiger partial charge in [-0.2, -0.15) is 0 Å². The van der Waals surface area contributed by atoms with Gasteiger partial charge in [-0.05, 0) is 24.7 Å². The summed E-state index contributed by atoms with van der Waals surface area (Å²) < 4.78 is 0. The fourth-order valence-electron chi connectivity index (χ4n) is 1.35. The average Bonchev–Trinajstić information content (AvgIpc) is 2.67. The highest BCUT2D eigenvalue weighted by Gasteiger charge is 2.41. The first kappa shape index (κ1) is 9.01. The van der Waals surface area contributed by atoms with Crippen LogP contribution in [0.2, 0.25) is 0 Å². The normalized spacial score (nSPS) is 20.7. The molecule has 0 bridgehead atoms. The number of nitrogens with one attached hydrogen (secondary N) is 1. The summed E-state index contributed by atoms with van der Waals surface area (Å²) in [5, 5.41) is 12.2. The van der Waals surface area contributed by atoms with E-state index in [1.165, 1.54) is 12.8 Å². The van der Waals surface area contributed by atoms with Crippen LogP contribution in [-0.4, -0.2) is 24.3 Å². The SMILES string of the molecule is CC(C)NCC1(CCO)CC1. The molecule has 1 fully saturated rings. The fraction of sp³-hybridized carbons (Fsp3) is 1.00. The summed E-state index contributed by atoms with van der Waals surface area (Å²) in [6, 6.07) is 0.575. The molecule has 0 amide bonds. The second kappa shape index (κ2) is 3.55. The van der Waals surface area contributed by atoms with Crippen LogP contribution in [0.1, 0.15) is 33.1 Å². The number of aliphatic hydroxyl groups excluding tert-OH is 1. The van der Waals surface area contributed by atoms with Gasteiger partial charge in [0, 0.05) is 19.2 Å². The first-order valence-corrected chi connectivity index (χ1v) is 4.53. The molecule has 2 heteroatoms.